The van der Waals surface area contributed by atoms with Gasteiger partial charge in [0.05, 0.1) is 13.2 Å². The minimum atomic E-state index is -0.176. The molecule has 0 bridgehead atoms. The summed E-state index contributed by atoms with van der Waals surface area (Å²) in [5.41, 5.74) is 0. The van der Waals surface area contributed by atoms with Crippen LogP contribution in [0.25, 0.3) is 0 Å². The number of nitrogens with zero attached hydrogens (tertiary/aromatic N) is 2. The molecule has 0 aromatic heterocycles. The molecule has 1 fully saturated rings. The number of amides is 1. The number of likely N-dealkylation sites (tertiary alicyclic amines) is 1. The Kier molecular flexibility index (Phi) is 5.41. The standard InChI is InChI=1S/C12H22N2O3/c1-4-17-11(15)9-14-7-5-10(6-8-14)12(16)13(2)3/h10H,4-9H2,1-3H3. The van der Waals surface area contributed by atoms with Crippen molar-refractivity contribution in [2.75, 3.05) is 40.3 Å². The normalized spacial score (nSPS) is 17.8. The molecule has 1 aliphatic heterocycles. The Hall–Kier alpha value is -1.10. The number of esters is 1. The second-order valence-corrected chi connectivity index (χ2v) is 4.59. The van der Waals surface area contributed by atoms with Gasteiger partial charge in [-0.25, -0.2) is 0 Å². The summed E-state index contributed by atoms with van der Waals surface area (Å²) in [6.07, 6.45) is 1.66. The number of hydrogen-bond acceptors (Lipinski definition) is 4. The first-order valence-electron chi connectivity index (χ1n) is 6.13. The summed E-state index contributed by atoms with van der Waals surface area (Å²) >= 11 is 0. The van der Waals surface area contributed by atoms with Gasteiger partial charge in [-0.3, -0.25) is 14.5 Å². The zero-order chi connectivity index (χ0) is 12.8. The van der Waals surface area contributed by atoms with E-state index in [1.54, 1.807) is 25.9 Å². The van der Waals surface area contributed by atoms with Gasteiger partial charge in [0.25, 0.3) is 0 Å². The fourth-order valence-corrected chi connectivity index (χ4v) is 2.09. The molecule has 0 unspecified atom stereocenters. The summed E-state index contributed by atoms with van der Waals surface area (Å²) in [5, 5.41) is 0. The molecule has 0 N–H and O–H groups in total. The van der Waals surface area contributed by atoms with E-state index in [2.05, 4.69) is 4.90 Å². The van der Waals surface area contributed by atoms with Crippen molar-refractivity contribution in [1.29, 1.82) is 0 Å². The summed E-state index contributed by atoms with van der Waals surface area (Å²) in [6.45, 7) is 4.16. The van der Waals surface area contributed by atoms with Crippen molar-refractivity contribution in [1.82, 2.24) is 9.80 Å². The van der Waals surface area contributed by atoms with Crippen LogP contribution in [0.3, 0.4) is 0 Å². The number of hydrogen-bond donors (Lipinski definition) is 0. The lowest BCUT2D eigenvalue weighted by molar-refractivity contribution is -0.145. The average Bonchev–Trinajstić information content (AvgIpc) is 2.29. The van der Waals surface area contributed by atoms with Gasteiger partial charge in [0.2, 0.25) is 5.91 Å². The van der Waals surface area contributed by atoms with Crippen molar-refractivity contribution < 1.29 is 14.3 Å². The number of ether oxygens (including phenoxy) is 1. The Bertz CT molecular complexity index is 271. The van der Waals surface area contributed by atoms with Crippen LogP contribution in [0.2, 0.25) is 0 Å². The van der Waals surface area contributed by atoms with E-state index in [0.717, 1.165) is 25.9 Å². The van der Waals surface area contributed by atoms with Crippen LogP contribution in [0, 0.1) is 5.92 Å². The summed E-state index contributed by atoms with van der Waals surface area (Å²) in [7, 11) is 3.57. The van der Waals surface area contributed by atoms with E-state index in [0.29, 0.717) is 13.2 Å². The molecule has 1 amide bonds. The first-order chi connectivity index (χ1) is 8.04. The molecule has 5 heteroatoms. The zero-order valence-electron chi connectivity index (χ0n) is 10.9. The number of carbonyl (C=O) groups excluding carboxylic acids is 2. The molecule has 98 valence electrons. The fourth-order valence-electron chi connectivity index (χ4n) is 2.09. The first kappa shape index (κ1) is 14.0. The molecule has 5 nitrogen and oxygen atoms in total. The van der Waals surface area contributed by atoms with Gasteiger partial charge >= 0.3 is 5.97 Å². The Labute approximate surface area is 103 Å². The third kappa shape index (κ3) is 4.34. The van der Waals surface area contributed by atoms with Gasteiger partial charge in [-0.2, -0.15) is 0 Å². The van der Waals surface area contributed by atoms with Gasteiger partial charge in [0.1, 0.15) is 0 Å². The van der Waals surface area contributed by atoms with Crippen LogP contribution in [0.4, 0.5) is 0 Å². The van der Waals surface area contributed by atoms with Crippen molar-refractivity contribution in [3.8, 4) is 0 Å². The van der Waals surface area contributed by atoms with Gasteiger partial charge in [-0.05, 0) is 32.9 Å². The van der Waals surface area contributed by atoms with Gasteiger partial charge in [-0.15, -0.1) is 0 Å². The number of rotatable bonds is 4. The predicted molar refractivity (Wildman–Crippen MR) is 64.5 cm³/mol. The minimum absolute atomic E-state index is 0.114. The average molecular weight is 242 g/mol. The van der Waals surface area contributed by atoms with Crippen molar-refractivity contribution in [3.63, 3.8) is 0 Å². The summed E-state index contributed by atoms with van der Waals surface area (Å²) in [4.78, 5) is 26.7. The smallest absolute Gasteiger partial charge is 0.320 e. The Balaban J connectivity index is 2.31. The van der Waals surface area contributed by atoms with E-state index >= 15 is 0 Å². The monoisotopic (exact) mass is 242 g/mol. The topological polar surface area (TPSA) is 49.9 Å². The highest BCUT2D eigenvalue weighted by atomic mass is 16.5. The van der Waals surface area contributed by atoms with Gasteiger partial charge in [0, 0.05) is 20.0 Å². The lowest BCUT2D eigenvalue weighted by atomic mass is 9.95. The zero-order valence-corrected chi connectivity index (χ0v) is 10.9. The summed E-state index contributed by atoms with van der Waals surface area (Å²) < 4.78 is 4.90. The highest BCUT2D eigenvalue weighted by Crippen LogP contribution is 2.18. The first-order valence-corrected chi connectivity index (χ1v) is 6.13. The second kappa shape index (κ2) is 6.59. The maximum Gasteiger partial charge on any atom is 0.320 e. The summed E-state index contributed by atoms with van der Waals surface area (Å²) in [6, 6.07) is 0. The molecule has 1 saturated heterocycles. The third-order valence-corrected chi connectivity index (χ3v) is 3.04. The molecule has 17 heavy (non-hydrogen) atoms. The summed E-state index contributed by atoms with van der Waals surface area (Å²) in [5.74, 6) is 0.133. The van der Waals surface area contributed by atoms with Gasteiger partial charge in [0.15, 0.2) is 0 Å². The highest BCUT2D eigenvalue weighted by molar-refractivity contribution is 5.78. The van der Waals surface area contributed by atoms with E-state index in [1.165, 1.54) is 0 Å². The van der Waals surface area contributed by atoms with Crippen molar-refractivity contribution in [3.05, 3.63) is 0 Å². The van der Waals surface area contributed by atoms with Crippen molar-refractivity contribution in [2.45, 2.75) is 19.8 Å². The van der Waals surface area contributed by atoms with Crippen molar-refractivity contribution in [2.24, 2.45) is 5.92 Å². The molecule has 0 spiro atoms. The van der Waals surface area contributed by atoms with Crippen LogP contribution in [0.5, 0.6) is 0 Å². The molecular weight excluding hydrogens is 220 g/mol. The minimum Gasteiger partial charge on any atom is -0.465 e. The van der Waals surface area contributed by atoms with Crippen LogP contribution < -0.4 is 0 Å². The van der Waals surface area contributed by atoms with E-state index in [9.17, 15) is 9.59 Å². The van der Waals surface area contributed by atoms with Crippen LogP contribution >= 0.6 is 0 Å². The predicted octanol–water partition coefficient (Wildman–Crippen LogP) is 0.350. The van der Waals surface area contributed by atoms with Crippen LogP contribution in [0.15, 0.2) is 0 Å². The Morgan fingerprint density at radius 1 is 1.29 bits per heavy atom. The molecule has 1 rings (SSSR count). The Morgan fingerprint density at radius 2 is 1.88 bits per heavy atom. The molecule has 1 heterocycles. The maximum atomic E-state index is 11.7. The lowest BCUT2D eigenvalue weighted by Gasteiger charge is -2.31. The van der Waals surface area contributed by atoms with E-state index in [4.69, 9.17) is 4.74 Å². The second-order valence-electron chi connectivity index (χ2n) is 4.59. The molecule has 1 aliphatic rings. The molecule has 0 aliphatic carbocycles. The van der Waals surface area contributed by atoms with Crippen LogP contribution in [0.1, 0.15) is 19.8 Å². The van der Waals surface area contributed by atoms with Crippen LogP contribution in [-0.2, 0) is 14.3 Å². The molecule has 0 aromatic carbocycles. The lowest BCUT2D eigenvalue weighted by Crippen LogP contribution is -2.42. The number of piperidine rings is 1. The van der Waals surface area contributed by atoms with E-state index < -0.39 is 0 Å². The maximum absolute atomic E-state index is 11.7. The molecule has 0 saturated carbocycles. The number of carbonyl (C=O) groups is 2. The molecule has 0 radical (unpaired) electrons. The SMILES string of the molecule is CCOC(=O)CN1CCC(C(=O)N(C)C)CC1. The van der Waals surface area contributed by atoms with E-state index in [-0.39, 0.29) is 17.8 Å². The quantitative estimate of drug-likeness (QED) is 0.667. The fraction of sp³-hybridized carbons (Fsp3) is 0.833. The third-order valence-electron chi connectivity index (χ3n) is 3.04. The van der Waals surface area contributed by atoms with E-state index in [1.807, 2.05) is 0 Å². The highest BCUT2D eigenvalue weighted by Gasteiger charge is 2.26. The molecule has 0 aromatic rings. The van der Waals surface area contributed by atoms with Crippen LogP contribution in [-0.4, -0.2) is 62.0 Å². The molecular formula is C12H22N2O3. The molecule has 0 atom stereocenters. The largest absolute Gasteiger partial charge is 0.465 e. The van der Waals surface area contributed by atoms with Gasteiger partial charge in [-0.1, -0.05) is 0 Å². The van der Waals surface area contributed by atoms with Gasteiger partial charge < -0.3 is 9.64 Å². The van der Waals surface area contributed by atoms with Crippen molar-refractivity contribution >= 4 is 11.9 Å². The Morgan fingerprint density at radius 3 is 2.35 bits per heavy atom.